The van der Waals surface area contributed by atoms with Crippen LogP contribution < -0.4 is 0 Å². The van der Waals surface area contributed by atoms with Crippen LogP contribution in [0.5, 0.6) is 0 Å². The Morgan fingerprint density at radius 3 is 1.43 bits per heavy atom. The molecule has 0 spiro atoms. The summed E-state index contributed by atoms with van der Waals surface area (Å²) in [5, 5.41) is 0. The molecule has 0 aromatic heterocycles. The topological polar surface area (TPSA) is 46.2 Å². The zero-order valence-electron chi connectivity index (χ0n) is 14.2. The summed E-state index contributed by atoms with van der Waals surface area (Å²) >= 11 is 0. The van der Waals surface area contributed by atoms with E-state index < -0.39 is 11.6 Å². The van der Waals surface area contributed by atoms with Gasteiger partial charge in [0.15, 0.2) is 11.6 Å². The molecule has 0 aliphatic carbocycles. The normalized spacial score (nSPS) is 27.5. The van der Waals surface area contributed by atoms with Gasteiger partial charge in [0, 0.05) is 40.3 Å². The number of ether oxygens (including phenoxy) is 5. The predicted molar refractivity (Wildman–Crippen MR) is 81.1 cm³/mol. The molecule has 1 aliphatic rings. The SMILES string of the molecule is CCOC(CC)(OC)C1C=CC(C(CC)(OC)OCC)O1. The van der Waals surface area contributed by atoms with Gasteiger partial charge in [-0.05, 0) is 13.8 Å². The molecule has 0 amide bonds. The monoisotopic (exact) mass is 302 g/mol. The van der Waals surface area contributed by atoms with E-state index in [2.05, 4.69) is 0 Å². The third kappa shape index (κ3) is 3.66. The first-order chi connectivity index (χ1) is 10.1. The third-order valence-electron chi connectivity index (χ3n) is 4.07. The molecule has 1 aliphatic heterocycles. The van der Waals surface area contributed by atoms with Gasteiger partial charge in [-0.2, -0.15) is 0 Å². The third-order valence-corrected chi connectivity index (χ3v) is 4.07. The van der Waals surface area contributed by atoms with E-state index in [0.717, 1.165) is 0 Å². The quantitative estimate of drug-likeness (QED) is 0.459. The molecule has 21 heavy (non-hydrogen) atoms. The lowest BCUT2D eigenvalue weighted by atomic mass is 10.1. The van der Waals surface area contributed by atoms with Crippen molar-refractivity contribution in [2.75, 3.05) is 27.4 Å². The lowest BCUT2D eigenvalue weighted by Gasteiger charge is -2.39. The zero-order valence-corrected chi connectivity index (χ0v) is 14.2. The van der Waals surface area contributed by atoms with Gasteiger partial charge in [-0.1, -0.05) is 26.0 Å². The number of rotatable bonds is 10. The van der Waals surface area contributed by atoms with Crippen molar-refractivity contribution in [3.8, 4) is 0 Å². The van der Waals surface area contributed by atoms with Crippen LogP contribution in [0.2, 0.25) is 0 Å². The minimum Gasteiger partial charge on any atom is -0.356 e. The van der Waals surface area contributed by atoms with Crippen molar-refractivity contribution in [2.24, 2.45) is 0 Å². The predicted octanol–water partition coefficient (Wildman–Crippen LogP) is 2.89. The highest BCUT2D eigenvalue weighted by molar-refractivity contribution is 5.11. The van der Waals surface area contributed by atoms with Crippen molar-refractivity contribution in [3.63, 3.8) is 0 Å². The fraction of sp³-hybridized carbons (Fsp3) is 0.875. The van der Waals surface area contributed by atoms with Crippen LogP contribution in [0, 0.1) is 0 Å². The molecule has 0 fully saturated rings. The van der Waals surface area contributed by atoms with Gasteiger partial charge in [0.25, 0.3) is 0 Å². The average Bonchev–Trinajstić information content (AvgIpc) is 3.01. The van der Waals surface area contributed by atoms with Crippen molar-refractivity contribution < 1.29 is 23.7 Å². The molecule has 1 rings (SSSR count). The Morgan fingerprint density at radius 1 is 0.810 bits per heavy atom. The van der Waals surface area contributed by atoms with Crippen LogP contribution in [-0.4, -0.2) is 51.2 Å². The summed E-state index contributed by atoms with van der Waals surface area (Å²) in [4.78, 5) is 0. The molecule has 5 nitrogen and oxygen atoms in total. The molecule has 5 heteroatoms. The maximum absolute atomic E-state index is 6.15. The second-order valence-electron chi connectivity index (χ2n) is 4.97. The van der Waals surface area contributed by atoms with Crippen LogP contribution in [0.15, 0.2) is 12.2 Å². The van der Waals surface area contributed by atoms with Crippen LogP contribution in [0.1, 0.15) is 40.5 Å². The van der Waals surface area contributed by atoms with E-state index in [0.29, 0.717) is 26.1 Å². The number of hydrogen-bond donors (Lipinski definition) is 0. The second kappa shape index (κ2) is 8.25. The fourth-order valence-electron chi connectivity index (χ4n) is 2.85. The number of methoxy groups -OCH3 is 2. The fourth-order valence-corrected chi connectivity index (χ4v) is 2.85. The van der Waals surface area contributed by atoms with E-state index >= 15 is 0 Å². The first-order valence-electron chi connectivity index (χ1n) is 7.79. The Labute approximate surface area is 128 Å². The van der Waals surface area contributed by atoms with Crippen molar-refractivity contribution in [2.45, 2.75) is 64.3 Å². The summed E-state index contributed by atoms with van der Waals surface area (Å²) in [6.45, 7) is 9.07. The van der Waals surface area contributed by atoms with Crippen LogP contribution in [-0.2, 0) is 23.7 Å². The first kappa shape index (κ1) is 18.6. The van der Waals surface area contributed by atoms with Gasteiger partial charge < -0.3 is 23.7 Å². The van der Waals surface area contributed by atoms with Crippen LogP contribution in [0.4, 0.5) is 0 Å². The Bertz CT molecular complexity index is 291. The summed E-state index contributed by atoms with van der Waals surface area (Å²) in [6.07, 6.45) is 4.79. The van der Waals surface area contributed by atoms with Crippen LogP contribution >= 0.6 is 0 Å². The summed E-state index contributed by atoms with van der Waals surface area (Å²) in [5.41, 5.74) is 0. The van der Waals surface area contributed by atoms with Gasteiger partial charge in [0.05, 0.1) is 0 Å². The van der Waals surface area contributed by atoms with Crippen LogP contribution in [0.25, 0.3) is 0 Å². The first-order valence-corrected chi connectivity index (χ1v) is 7.79. The van der Waals surface area contributed by atoms with Gasteiger partial charge in [-0.15, -0.1) is 0 Å². The molecule has 0 saturated carbocycles. The summed E-state index contributed by atoms with van der Waals surface area (Å²) in [5.74, 6) is -1.53. The van der Waals surface area contributed by atoms with E-state index in [4.69, 9.17) is 23.7 Å². The van der Waals surface area contributed by atoms with Crippen molar-refractivity contribution in [1.29, 1.82) is 0 Å². The molecule has 4 unspecified atom stereocenters. The smallest absolute Gasteiger partial charge is 0.197 e. The molecule has 124 valence electrons. The Balaban J connectivity index is 2.89. The minimum absolute atomic E-state index is 0.279. The van der Waals surface area contributed by atoms with Crippen molar-refractivity contribution in [3.05, 3.63) is 12.2 Å². The largest absolute Gasteiger partial charge is 0.356 e. The standard InChI is InChI=1S/C16H30O5/c1-7-15(17-5,19-9-3)13-11-12-14(21-13)16(8-2,18-6)20-10-4/h11-14H,7-10H2,1-6H3. The van der Waals surface area contributed by atoms with Crippen molar-refractivity contribution >= 4 is 0 Å². The molecule has 0 radical (unpaired) electrons. The highest BCUT2D eigenvalue weighted by atomic mass is 16.7. The Kier molecular flexibility index (Phi) is 7.30. The lowest BCUT2D eigenvalue weighted by Crippen LogP contribution is -2.51. The Morgan fingerprint density at radius 2 is 1.19 bits per heavy atom. The van der Waals surface area contributed by atoms with Gasteiger partial charge in [-0.3, -0.25) is 0 Å². The van der Waals surface area contributed by atoms with E-state index in [9.17, 15) is 0 Å². The minimum atomic E-state index is -0.764. The maximum Gasteiger partial charge on any atom is 0.197 e. The van der Waals surface area contributed by atoms with E-state index in [1.807, 2.05) is 39.8 Å². The van der Waals surface area contributed by atoms with Crippen molar-refractivity contribution in [1.82, 2.24) is 0 Å². The Hall–Kier alpha value is -0.460. The molecule has 0 aromatic rings. The summed E-state index contributed by atoms with van der Waals surface area (Å²) in [7, 11) is 3.30. The molecule has 1 heterocycles. The maximum atomic E-state index is 6.15. The average molecular weight is 302 g/mol. The highest BCUT2D eigenvalue weighted by Crippen LogP contribution is 2.35. The van der Waals surface area contributed by atoms with Gasteiger partial charge in [0.1, 0.15) is 12.2 Å². The number of hydrogen-bond acceptors (Lipinski definition) is 5. The second-order valence-corrected chi connectivity index (χ2v) is 4.97. The molecular formula is C16H30O5. The van der Waals surface area contributed by atoms with Gasteiger partial charge in [-0.25, -0.2) is 0 Å². The molecule has 0 bridgehead atoms. The molecule has 0 aromatic carbocycles. The molecular weight excluding hydrogens is 272 g/mol. The lowest BCUT2D eigenvalue weighted by molar-refractivity contribution is -0.308. The molecule has 4 atom stereocenters. The highest BCUT2D eigenvalue weighted by Gasteiger charge is 2.48. The summed E-state index contributed by atoms with van der Waals surface area (Å²) in [6, 6.07) is 0. The molecule has 0 saturated heterocycles. The van der Waals surface area contributed by atoms with Crippen LogP contribution in [0.3, 0.4) is 0 Å². The zero-order chi connectivity index (χ0) is 15.9. The van der Waals surface area contributed by atoms with E-state index in [-0.39, 0.29) is 12.2 Å². The molecule has 0 N–H and O–H groups in total. The summed E-state index contributed by atoms with van der Waals surface area (Å²) < 4.78 is 29.0. The van der Waals surface area contributed by atoms with E-state index in [1.54, 1.807) is 14.2 Å². The van der Waals surface area contributed by atoms with Gasteiger partial charge >= 0.3 is 0 Å². The van der Waals surface area contributed by atoms with E-state index in [1.165, 1.54) is 0 Å². The van der Waals surface area contributed by atoms with Gasteiger partial charge in [0.2, 0.25) is 0 Å².